The molecule has 0 aromatic heterocycles. The summed E-state index contributed by atoms with van der Waals surface area (Å²) in [5, 5.41) is 0. The van der Waals surface area contributed by atoms with E-state index in [9.17, 15) is 0 Å². The molecule has 0 amide bonds. The molecule has 0 aromatic carbocycles. The van der Waals surface area contributed by atoms with Crippen molar-refractivity contribution in [3.8, 4) is 0 Å². The van der Waals surface area contributed by atoms with E-state index < -0.39 is 15.6 Å². The van der Waals surface area contributed by atoms with Crippen LogP contribution in [0.1, 0.15) is 1.43 Å². The van der Waals surface area contributed by atoms with Crippen LogP contribution in [0.3, 0.4) is 0 Å². The van der Waals surface area contributed by atoms with E-state index in [0.717, 1.165) is 0 Å². The second-order valence-electron chi connectivity index (χ2n) is 1.03. The van der Waals surface area contributed by atoms with Gasteiger partial charge in [0.05, 0.1) is 0 Å². The molecule has 6 N–H and O–H groups in total. The van der Waals surface area contributed by atoms with Crippen molar-refractivity contribution < 1.29 is 39.9 Å². The molecule has 0 saturated carbocycles. The topological polar surface area (TPSA) is 156 Å². The van der Waals surface area contributed by atoms with Gasteiger partial charge in [-0.15, -0.1) is 0 Å². The monoisotopic (exact) mass is 403 g/mol. The maximum atomic E-state index is 8.88. The fraction of sp³-hybridized carbons (Fsp3) is 0. The van der Waals surface area contributed by atoms with E-state index in [1.807, 2.05) is 0 Å². The minimum absolute atomic E-state index is 0. The van der Waals surface area contributed by atoms with Gasteiger partial charge < -0.3 is 29.4 Å². The molecule has 0 unspecified atom stereocenters. The fourth-order valence-electron chi connectivity index (χ4n) is 0. The van der Waals surface area contributed by atoms with Crippen LogP contribution in [0.5, 0.6) is 0 Å². The van der Waals surface area contributed by atoms with Gasteiger partial charge in [-0.3, -0.25) is 0 Å². The van der Waals surface area contributed by atoms with Crippen LogP contribution in [0.25, 0.3) is 0 Å². The Bertz CT molecular complexity index is 144. The Hall–Kier alpha value is 7.27. The van der Waals surface area contributed by atoms with Gasteiger partial charge in [0.25, 0.3) is 0 Å². The van der Waals surface area contributed by atoms with Gasteiger partial charge in [0, 0.05) is 0 Å². The molecule has 0 radical (unpaired) electrons. The molecular formula is H15Ca3K2O8P2+. The van der Waals surface area contributed by atoms with Gasteiger partial charge >= 0.3 is 233 Å². The molecule has 15 heteroatoms. The molecule has 8 nitrogen and oxygen atoms in total. The molecule has 80 valence electrons. The summed E-state index contributed by atoms with van der Waals surface area (Å²) in [6.07, 6.45) is 0. The SMILES string of the molecule is O=P(O)(O)O.O=P(O)(O)O.[CaH2].[CaH2].[CaH2].[H+].[KH].[KH]. The summed E-state index contributed by atoms with van der Waals surface area (Å²) < 4.78 is 17.8. The Labute approximate surface area is 263 Å². The summed E-state index contributed by atoms with van der Waals surface area (Å²) in [5.74, 6) is 0. The standard InChI is InChI=1S/3Ca.2K.2H3O4P.8H/c;;;;;2*1-5(2,3)4;;;;;;;;/h;;;;;2*(H3,1,2,3,4);;;;;;;;/p+1. The summed E-state index contributed by atoms with van der Waals surface area (Å²) in [6, 6.07) is 0. The first-order valence-corrected chi connectivity index (χ1v) is 4.70. The zero-order valence-electron chi connectivity index (χ0n) is 5.39. The predicted octanol–water partition coefficient (Wildman–Crippen LogP) is -5.79. The van der Waals surface area contributed by atoms with E-state index in [0.29, 0.717) is 0 Å². The van der Waals surface area contributed by atoms with Gasteiger partial charge in [0.1, 0.15) is 0 Å². The first kappa shape index (κ1) is 43.2. The average Bonchev–Trinajstić information content (AvgIpc) is 1.12. The van der Waals surface area contributed by atoms with Crippen LogP contribution in [0.2, 0.25) is 0 Å². The van der Waals surface area contributed by atoms with E-state index in [4.69, 9.17) is 38.5 Å². The van der Waals surface area contributed by atoms with Crippen LogP contribution in [0.15, 0.2) is 0 Å². The molecular weight excluding hydrogens is 388 g/mol. The number of phosphoric acid groups is 2. The summed E-state index contributed by atoms with van der Waals surface area (Å²) in [4.78, 5) is 43.1. The first-order valence-electron chi connectivity index (χ1n) is 1.57. The third-order valence-corrected chi connectivity index (χ3v) is 0. The van der Waals surface area contributed by atoms with Gasteiger partial charge in [-0.1, -0.05) is 0 Å². The third-order valence-electron chi connectivity index (χ3n) is 0. The van der Waals surface area contributed by atoms with E-state index in [1.54, 1.807) is 0 Å². The molecule has 0 bridgehead atoms. The molecule has 0 rings (SSSR count). The van der Waals surface area contributed by atoms with Crippen LogP contribution in [0.4, 0.5) is 0 Å². The van der Waals surface area contributed by atoms with Crippen molar-refractivity contribution in [2.24, 2.45) is 0 Å². The Balaban J connectivity index is -0.00000000970. The third kappa shape index (κ3) is 149. The summed E-state index contributed by atoms with van der Waals surface area (Å²) in [7, 11) is -9.28. The van der Waals surface area contributed by atoms with Gasteiger partial charge in [-0.05, 0) is 0 Å². The van der Waals surface area contributed by atoms with E-state index >= 15 is 0 Å². The molecule has 0 aromatic rings. The molecule has 0 fully saturated rings. The van der Waals surface area contributed by atoms with Crippen molar-refractivity contribution in [1.29, 1.82) is 0 Å². The van der Waals surface area contributed by atoms with E-state index in [2.05, 4.69) is 0 Å². The van der Waals surface area contributed by atoms with Crippen LogP contribution in [0, 0.1) is 0 Å². The number of hydrogen-bond donors (Lipinski definition) is 6. The molecule has 0 saturated heterocycles. The molecule has 0 heterocycles. The second-order valence-corrected chi connectivity index (χ2v) is 3.08. The fourth-order valence-corrected chi connectivity index (χ4v) is 0. The Morgan fingerprint density at radius 1 is 0.600 bits per heavy atom. The normalized spacial score (nSPS) is 7.87. The van der Waals surface area contributed by atoms with Crippen molar-refractivity contribution in [3.63, 3.8) is 0 Å². The molecule has 0 atom stereocenters. The maximum absolute atomic E-state index is 8.88. The van der Waals surface area contributed by atoms with Crippen LogP contribution in [-0.2, 0) is 9.13 Å². The van der Waals surface area contributed by atoms with Gasteiger partial charge in [-0.2, -0.15) is 0 Å². The summed E-state index contributed by atoms with van der Waals surface area (Å²) in [6.45, 7) is 0. The average molecular weight is 403 g/mol. The van der Waals surface area contributed by atoms with Gasteiger partial charge in [0.15, 0.2) is 0 Å². The molecule has 0 spiro atoms. The zero-order valence-corrected chi connectivity index (χ0v) is 6.18. The minimum atomic E-state index is -4.64. The van der Waals surface area contributed by atoms with Crippen molar-refractivity contribution in [1.82, 2.24) is 0 Å². The first-order chi connectivity index (χ1) is 4.00. The summed E-state index contributed by atoms with van der Waals surface area (Å²) >= 11 is 0. The molecule has 0 aliphatic heterocycles. The predicted molar refractivity (Wildman–Crippen MR) is 69.6 cm³/mol. The van der Waals surface area contributed by atoms with E-state index in [-0.39, 0.29) is 217 Å². The molecule has 0 aliphatic carbocycles. The van der Waals surface area contributed by atoms with Crippen LogP contribution >= 0.6 is 15.6 Å². The van der Waals surface area contributed by atoms with Crippen molar-refractivity contribution in [2.45, 2.75) is 0 Å². The quantitative estimate of drug-likeness (QED) is 0.173. The van der Waals surface area contributed by atoms with E-state index in [1.165, 1.54) is 0 Å². The number of rotatable bonds is 0. The van der Waals surface area contributed by atoms with Gasteiger partial charge in [0.2, 0.25) is 0 Å². The Kier molecular flexibility index (Phi) is 67.8. The van der Waals surface area contributed by atoms with Crippen LogP contribution < -0.4 is 0 Å². The van der Waals surface area contributed by atoms with Crippen molar-refractivity contribution in [3.05, 3.63) is 0 Å². The summed E-state index contributed by atoms with van der Waals surface area (Å²) in [5.41, 5.74) is 0. The van der Waals surface area contributed by atoms with Crippen molar-refractivity contribution >= 4 is 232 Å². The zero-order chi connectivity index (χ0) is 9.00. The Morgan fingerprint density at radius 2 is 0.600 bits per heavy atom. The van der Waals surface area contributed by atoms with Crippen molar-refractivity contribution in [2.75, 3.05) is 0 Å². The molecule has 15 heavy (non-hydrogen) atoms. The van der Waals surface area contributed by atoms with Crippen LogP contribution in [-0.4, -0.2) is 245 Å². The Morgan fingerprint density at radius 3 is 0.600 bits per heavy atom. The number of hydrogen-bond acceptors (Lipinski definition) is 2. The second kappa shape index (κ2) is 23.5. The molecule has 0 aliphatic rings. The van der Waals surface area contributed by atoms with Gasteiger partial charge in [-0.25, -0.2) is 9.13 Å².